The molecule has 1 aliphatic rings. The molecule has 80 valence electrons. The van der Waals surface area contributed by atoms with Crippen molar-refractivity contribution in [2.24, 2.45) is 10.3 Å². The van der Waals surface area contributed by atoms with E-state index in [-0.39, 0.29) is 12.4 Å². The van der Waals surface area contributed by atoms with E-state index in [9.17, 15) is 4.21 Å². The van der Waals surface area contributed by atoms with Crippen LogP contribution in [-0.2, 0) is 9.73 Å². The van der Waals surface area contributed by atoms with Crippen molar-refractivity contribution in [1.82, 2.24) is 5.32 Å². The number of hydrogen-bond acceptors (Lipinski definition) is 3. The maximum Gasteiger partial charge on any atom is 0.0513 e. The molecule has 0 bridgehead atoms. The topological polar surface area (TPSA) is 41.5 Å². The van der Waals surface area contributed by atoms with Crippen LogP contribution in [0.25, 0.3) is 0 Å². The van der Waals surface area contributed by atoms with Crippen LogP contribution in [-0.4, -0.2) is 36.4 Å². The highest BCUT2D eigenvalue weighted by Gasteiger charge is 2.12. The number of halogens is 1. The molecule has 0 unspecified atom stereocenters. The van der Waals surface area contributed by atoms with Crippen molar-refractivity contribution in [3.8, 4) is 0 Å². The SMILES string of the molecule is CS(C)(=O)=NCC1CCNCC1.Cl. The minimum Gasteiger partial charge on any atom is -0.317 e. The Hall–Kier alpha value is 0.200. The van der Waals surface area contributed by atoms with Crippen molar-refractivity contribution in [1.29, 1.82) is 0 Å². The molecule has 0 amide bonds. The largest absolute Gasteiger partial charge is 0.317 e. The quantitative estimate of drug-likeness (QED) is 0.767. The van der Waals surface area contributed by atoms with Crippen LogP contribution < -0.4 is 5.32 Å². The van der Waals surface area contributed by atoms with Gasteiger partial charge in [0.2, 0.25) is 0 Å². The molecule has 1 N–H and O–H groups in total. The molecule has 0 aromatic carbocycles. The summed E-state index contributed by atoms with van der Waals surface area (Å²) in [7, 11) is -1.87. The second-order valence-electron chi connectivity index (χ2n) is 3.69. The Balaban J connectivity index is 0.00000144. The van der Waals surface area contributed by atoms with Gasteiger partial charge in [-0.25, -0.2) is 4.36 Å². The van der Waals surface area contributed by atoms with Gasteiger partial charge in [0, 0.05) is 22.2 Å². The molecule has 1 rings (SSSR count). The molecule has 0 spiro atoms. The molecule has 0 aliphatic carbocycles. The summed E-state index contributed by atoms with van der Waals surface area (Å²) in [6.45, 7) is 2.97. The first-order valence-corrected chi connectivity index (χ1v) is 6.75. The maximum atomic E-state index is 11.2. The predicted molar refractivity (Wildman–Crippen MR) is 60.1 cm³/mol. The molecule has 13 heavy (non-hydrogen) atoms. The summed E-state index contributed by atoms with van der Waals surface area (Å²) >= 11 is 0. The zero-order chi connectivity index (χ0) is 9.03. The molecule has 0 aromatic rings. The number of piperidine rings is 1. The van der Waals surface area contributed by atoms with Gasteiger partial charge < -0.3 is 5.32 Å². The van der Waals surface area contributed by atoms with E-state index < -0.39 is 9.73 Å². The molecule has 0 saturated carbocycles. The summed E-state index contributed by atoms with van der Waals surface area (Å²) in [6, 6.07) is 0. The number of nitrogens with one attached hydrogen (secondary N) is 1. The first-order chi connectivity index (χ1) is 5.58. The summed E-state index contributed by atoms with van der Waals surface area (Å²) in [5.41, 5.74) is 0. The molecule has 1 fully saturated rings. The predicted octanol–water partition coefficient (Wildman–Crippen LogP) is 1.14. The number of nitrogens with zero attached hydrogens (tertiary/aromatic N) is 1. The van der Waals surface area contributed by atoms with Gasteiger partial charge in [0.05, 0.1) is 6.54 Å². The Labute approximate surface area is 87.3 Å². The monoisotopic (exact) mass is 226 g/mol. The summed E-state index contributed by atoms with van der Waals surface area (Å²) < 4.78 is 15.4. The number of hydrogen-bond donors (Lipinski definition) is 1. The van der Waals surface area contributed by atoms with Gasteiger partial charge in [0.15, 0.2) is 0 Å². The maximum absolute atomic E-state index is 11.2. The van der Waals surface area contributed by atoms with Crippen LogP contribution in [0.5, 0.6) is 0 Å². The summed E-state index contributed by atoms with van der Waals surface area (Å²) in [6.07, 6.45) is 5.76. The highest BCUT2D eigenvalue weighted by Crippen LogP contribution is 2.11. The Kier molecular flexibility index (Phi) is 5.92. The molecule has 3 nitrogen and oxygen atoms in total. The molecule has 0 atom stereocenters. The van der Waals surface area contributed by atoms with Crippen LogP contribution in [0, 0.1) is 5.92 Å². The first-order valence-electron chi connectivity index (χ1n) is 4.41. The fourth-order valence-electron chi connectivity index (χ4n) is 1.35. The van der Waals surface area contributed by atoms with Crippen molar-refractivity contribution in [3.05, 3.63) is 0 Å². The highest BCUT2D eigenvalue weighted by molar-refractivity contribution is 7.92. The minimum absolute atomic E-state index is 0. The summed E-state index contributed by atoms with van der Waals surface area (Å²) in [5.74, 6) is 0.659. The second kappa shape index (κ2) is 5.83. The average Bonchev–Trinajstić information content (AvgIpc) is 2.02. The van der Waals surface area contributed by atoms with E-state index in [1.165, 1.54) is 12.8 Å². The van der Waals surface area contributed by atoms with Crippen molar-refractivity contribution in [2.75, 3.05) is 32.1 Å². The van der Waals surface area contributed by atoms with E-state index in [1.54, 1.807) is 12.5 Å². The molecule has 1 aliphatic heterocycles. The van der Waals surface area contributed by atoms with E-state index in [0.717, 1.165) is 19.6 Å². The van der Waals surface area contributed by atoms with E-state index >= 15 is 0 Å². The smallest absolute Gasteiger partial charge is 0.0513 e. The van der Waals surface area contributed by atoms with Gasteiger partial charge in [-0.1, -0.05) is 0 Å². The molecule has 0 aromatic heterocycles. The molecule has 1 heterocycles. The second-order valence-corrected chi connectivity index (χ2v) is 6.31. The van der Waals surface area contributed by atoms with Crippen LogP contribution in [0.4, 0.5) is 0 Å². The summed E-state index contributed by atoms with van der Waals surface area (Å²) in [4.78, 5) is 0. The van der Waals surface area contributed by atoms with E-state index in [4.69, 9.17) is 0 Å². The Morgan fingerprint density at radius 3 is 2.38 bits per heavy atom. The van der Waals surface area contributed by atoms with Crippen LogP contribution in [0.1, 0.15) is 12.8 Å². The van der Waals surface area contributed by atoms with Gasteiger partial charge in [0.25, 0.3) is 0 Å². The lowest BCUT2D eigenvalue weighted by Gasteiger charge is -2.20. The van der Waals surface area contributed by atoms with Gasteiger partial charge in [0.1, 0.15) is 0 Å². The van der Waals surface area contributed by atoms with Crippen LogP contribution in [0.2, 0.25) is 0 Å². The lowest BCUT2D eigenvalue weighted by molar-refractivity contribution is 0.384. The third-order valence-electron chi connectivity index (χ3n) is 2.10. The van der Waals surface area contributed by atoms with E-state index in [1.807, 2.05) is 0 Å². The first kappa shape index (κ1) is 13.2. The Morgan fingerprint density at radius 2 is 1.92 bits per heavy atom. The lowest BCUT2D eigenvalue weighted by atomic mass is 9.99. The fraction of sp³-hybridized carbons (Fsp3) is 1.00. The van der Waals surface area contributed by atoms with Crippen molar-refractivity contribution in [2.45, 2.75) is 12.8 Å². The third kappa shape index (κ3) is 6.29. The van der Waals surface area contributed by atoms with E-state index in [2.05, 4.69) is 9.68 Å². The third-order valence-corrected chi connectivity index (χ3v) is 2.87. The van der Waals surface area contributed by atoms with Crippen LogP contribution >= 0.6 is 12.4 Å². The van der Waals surface area contributed by atoms with E-state index in [0.29, 0.717) is 5.92 Å². The Bertz CT molecular complexity index is 235. The lowest BCUT2D eigenvalue weighted by Crippen LogP contribution is -2.29. The molecule has 0 radical (unpaired) electrons. The normalized spacial score (nSPS) is 19.2. The highest BCUT2D eigenvalue weighted by atomic mass is 35.5. The average molecular weight is 227 g/mol. The fourth-order valence-corrected chi connectivity index (χ4v) is 1.92. The van der Waals surface area contributed by atoms with Crippen molar-refractivity contribution in [3.63, 3.8) is 0 Å². The zero-order valence-corrected chi connectivity index (χ0v) is 9.92. The van der Waals surface area contributed by atoms with Crippen LogP contribution in [0.3, 0.4) is 0 Å². The van der Waals surface area contributed by atoms with Crippen LogP contribution in [0.15, 0.2) is 4.36 Å². The standard InChI is InChI=1S/C8H18N2OS.ClH/c1-12(2,11)10-7-8-3-5-9-6-4-8;/h8-9H,3-7H2,1-2H3;1H. The van der Waals surface area contributed by atoms with Gasteiger partial charge in [-0.3, -0.25) is 4.21 Å². The minimum atomic E-state index is -1.87. The number of rotatable bonds is 2. The van der Waals surface area contributed by atoms with Crippen molar-refractivity contribution < 1.29 is 4.21 Å². The molecular formula is C8H19ClN2OS. The van der Waals surface area contributed by atoms with Gasteiger partial charge >= 0.3 is 0 Å². The zero-order valence-electron chi connectivity index (χ0n) is 8.28. The van der Waals surface area contributed by atoms with Gasteiger partial charge in [-0.05, 0) is 31.8 Å². The molecule has 1 saturated heterocycles. The summed E-state index contributed by atoms with van der Waals surface area (Å²) in [5, 5.41) is 3.30. The molecular weight excluding hydrogens is 208 g/mol. The van der Waals surface area contributed by atoms with Gasteiger partial charge in [-0.2, -0.15) is 0 Å². The molecule has 5 heteroatoms. The van der Waals surface area contributed by atoms with Gasteiger partial charge in [-0.15, -0.1) is 12.4 Å². The van der Waals surface area contributed by atoms with Crippen molar-refractivity contribution >= 4 is 22.1 Å². The Morgan fingerprint density at radius 1 is 1.38 bits per heavy atom.